The van der Waals surface area contributed by atoms with Gasteiger partial charge in [-0.15, -0.1) is 0 Å². The second-order valence-corrected chi connectivity index (χ2v) is 3.38. The molecule has 6 nitrogen and oxygen atoms in total. The summed E-state index contributed by atoms with van der Waals surface area (Å²) in [6.45, 7) is 7.21. The maximum absolute atomic E-state index is 10.6. The number of ether oxygens (including phenoxy) is 1. The first-order chi connectivity index (χ1) is 9.27. The molecule has 1 aromatic rings. The molecule has 0 radical (unpaired) electrons. The fourth-order valence-corrected chi connectivity index (χ4v) is 0.795. The van der Waals surface area contributed by atoms with Gasteiger partial charge in [-0.1, -0.05) is 6.07 Å². The van der Waals surface area contributed by atoms with Crippen molar-refractivity contribution in [2.24, 2.45) is 5.73 Å². The van der Waals surface area contributed by atoms with Gasteiger partial charge in [0.2, 0.25) is 12.4 Å². The lowest BCUT2D eigenvalue weighted by Gasteiger charge is -2.06. The number of aliphatic carboxylic acids is 1. The lowest BCUT2D eigenvalue weighted by atomic mass is 10.3. The molecule has 0 aliphatic rings. The van der Waals surface area contributed by atoms with Gasteiger partial charge in [-0.25, -0.2) is 16.4 Å². The number of carbonyl (C=O) groups is 1. The van der Waals surface area contributed by atoms with Gasteiger partial charge in [-0.3, -0.25) is 0 Å². The summed E-state index contributed by atoms with van der Waals surface area (Å²) in [5.41, 5.74) is 5.57. The fourth-order valence-electron chi connectivity index (χ4n) is 0.795. The molecule has 0 aromatic carbocycles. The monoisotopic (exact) mass is 291 g/mol. The number of aromatic nitrogens is 1. The van der Waals surface area contributed by atoms with Gasteiger partial charge in [-0.2, -0.15) is 13.2 Å². The van der Waals surface area contributed by atoms with E-state index in [1.54, 1.807) is 12.3 Å². The number of carboxylic acid groups (broad SMARTS) is 1. The van der Waals surface area contributed by atoms with Gasteiger partial charge in [0.1, 0.15) is 12.6 Å². The van der Waals surface area contributed by atoms with Crippen LogP contribution >= 0.6 is 0 Å². The van der Waals surface area contributed by atoms with E-state index in [0.717, 1.165) is 0 Å². The molecule has 0 saturated heterocycles. The van der Waals surface area contributed by atoms with E-state index in [2.05, 4.69) is 9.83 Å². The van der Waals surface area contributed by atoms with Crippen LogP contribution in [0.3, 0.4) is 0 Å². The Morgan fingerprint density at radius 3 is 2.55 bits per heavy atom. The van der Waals surface area contributed by atoms with Crippen molar-refractivity contribution in [1.29, 1.82) is 0 Å². The predicted octanol–water partition coefficient (Wildman–Crippen LogP) is 1.34. The van der Waals surface area contributed by atoms with Crippen molar-refractivity contribution in [2.45, 2.75) is 12.2 Å². The maximum atomic E-state index is 10.6. The summed E-state index contributed by atoms with van der Waals surface area (Å²) in [5.74, 6) is -2.21. The van der Waals surface area contributed by atoms with Crippen LogP contribution in [0.4, 0.5) is 13.2 Å². The Bertz CT molecular complexity index is 446. The van der Waals surface area contributed by atoms with Crippen molar-refractivity contribution in [3.05, 3.63) is 35.8 Å². The first-order valence-corrected chi connectivity index (χ1v) is 5.20. The number of halogens is 3. The molecule has 0 amide bonds. The molecular weight excluding hydrogens is 279 g/mol. The number of alkyl halides is 3. The van der Waals surface area contributed by atoms with E-state index in [0.29, 0.717) is 12.5 Å². The average Bonchev–Trinajstić information content (AvgIpc) is 2.37. The summed E-state index contributed by atoms with van der Waals surface area (Å²) in [6.07, 6.45) is -3.43. The number of nitrogens with two attached hydrogens (primary N) is 1. The first-order valence-electron chi connectivity index (χ1n) is 5.20. The van der Waals surface area contributed by atoms with E-state index in [1.807, 2.05) is 12.1 Å². The topological polar surface area (TPSA) is 89.8 Å². The molecule has 1 atom stereocenters. The average molecular weight is 291 g/mol. The standard InChI is InChI=1S/C9H11N3O.C2HF3O2/c1-11-6-8(10)7-13-9-4-2-3-5-12-9;3-2(4,5)1(6)7/h2-5,8H,6-7,10H2;(H,6,7)/t8-;/m1./s1. The van der Waals surface area contributed by atoms with E-state index in [1.165, 1.54) is 0 Å². The van der Waals surface area contributed by atoms with E-state index in [4.69, 9.17) is 26.9 Å². The Balaban J connectivity index is 0.000000441. The molecule has 0 saturated carbocycles. The predicted molar refractivity (Wildman–Crippen MR) is 62.9 cm³/mol. The van der Waals surface area contributed by atoms with Crippen LogP contribution < -0.4 is 10.5 Å². The van der Waals surface area contributed by atoms with Crippen LogP contribution in [0.15, 0.2) is 24.4 Å². The molecule has 0 spiro atoms. The van der Waals surface area contributed by atoms with Gasteiger partial charge in [0, 0.05) is 12.3 Å². The molecule has 0 aliphatic carbocycles. The fraction of sp³-hybridized carbons (Fsp3) is 0.364. The van der Waals surface area contributed by atoms with Crippen molar-refractivity contribution in [3.8, 4) is 5.88 Å². The first kappa shape index (κ1) is 17.7. The minimum atomic E-state index is -5.08. The van der Waals surface area contributed by atoms with Crippen molar-refractivity contribution in [3.63, 3.8) is 0 Å². The molecule has 110 valence electrons. The lowest BCUT2D eigenvalue weighted by Crippen LogP contribution is -2.30. The Hall–Kier alpha value is -2.34. The molecule has 0 bridgehead atoms. The highest BCUT2D eigenvalue weighted by Gasteiger charge is 2.38. The molecule has 9 heteroatoms. The largest absolute Gasteiger partial charge is 0.490 e. The van der Waals surface area contributed by atoms with Crippen molar-refractivity contribution < 1.29 is 27.8 Å². The van der Waals surface area contributed by atoms with Gasteiger partial charge in [0.15, 0.2) is 0 Å². The van der Waals surface area contributed by atoms with Gasteiger partial charge in [0.25, 0.3) is 0 Å². The summed E-state index contributed by atoms with van der Waals surface area (Å²) in [7, 11) is 0. The molecule has 3 N–H and O–H groups in total. The van der Waals surface area contributed by atoms with Crippen LogP contribution in [0, 0.1) is 6.57 Å². The molecule has 1 rings (SSSR count). The lowest BCUT2D eigenvalue weighted by molar-refractivity contribution is -0.192. The molecular formula is C11H12F3N3O3. The molecule has 1 heterocycles. The van der Waals surface area contributed by atoms with Crippen LogP contribution in [0.1, 0.15) is 0 Å². The Labute approximate surface area is 112 Å². The normalized spacial score (nSPS) is 11.6. The van der Waals surface area contributed by atoms with Crippen LogP contribution in [-0.2, 0) is 4.79 Å². The molecule has 20 heavy (non-hydrogen) atoms. The molecule has 1 aromatic heterocycles. The third kappa shape index (κ3) is 8.71. The highest BCUT2D eigenvalue weighted by Crippen LogP contribution is 2.13. The van der Waals surface area contributed by atoms with E-state index >= 15 is 0 Å². The zero-order chi connectivity index (χ0) is 15.6. The third-order valence-corrected chi connectivity index (χ3v) is 1.65. The minimum absolute atomic E-state index is 0.237. The number of pyridine rings is 1. The summed E-state index contributed by atoms with van der Waals surface area (Å²) in [5, 5.41) is 7.12. The van der Waals surface area contributed by atoms with Crippen molar-refractivity contribution in [2.75, 3.05) is 13.2 Å². The summed E-state index contributed by atoms with van der Waals surface area (Å²) >= 11 is 0. The van der Waals surface area contributed by atoms with Gasteiger partial charge in [-0.05, 0) is 6.07 Å². The maximum Gasteiger partial charge on any atom is 0.490 e. The van der Waals surface area contributed by atoms with Crippen LogP contribution in [0.5, 0.6) is 5.88 Å². The number of carboxylic acids is 1. The number of nitrogens with zero attached hydrogens (tertiary/aromatic N) is 2. The zero-order valence-corrected chi connectivity index (χ0v) is 10.2. The Morgan fingerprint density at radius 1 is 1.55 bits per heavy atom. The molecule has 0 aliphatic heterocycles. The summed E-state index contributed by atoms with van der Waals surface area (Å²) < 4.78 is 37.0. The van der Waals surface area contributed by atoms with Crippen LogP contribution in [0.2, 0.25) is 0 Å². The highest BCUT2D eigenvalue weighted by molar-refractivity contribution is 5.73. The SMILES string of the molecule is O=C(O)C(F)(F)F.[C-]#[N+]C[C@@H](N)COc1ccccn1. The molecule has 0 unspecified atom stereocenters. The quantitative estimate of drug-likeness (QED) is 0.817. The van der Waals surface area contributed by atoms with Crippen molar-refractivity contribution in [1.82, 2.24) is 4.98 Å². The van der Waals surface area contributed by atoms with Crippen LogP contribution in [0.25, 0.3) is 4.85 Å². The Morgan fingerprint density at radius 2 is 2.15 bits per heavy atom. The summed E-state index contributed by atoms with van der Waals surface area (Å²) in [4.78, 5) is 16.0. The molecule has 0 fully saturated rings. The number of hydrogen-bond acceptors (Lipinski definition) is 4. The van der Waals surface area contributed by atoms with Gasteiger partial charge < -0.3 is 20.4 Å². The second kappa shape index (κ2) is 8.71. The van der Waals surface area contributed by atoms with Gasteiger partial charge >= 0.3 is 12.1 Å². The number of rotatable bonds is 4. The minimum Gasteiger partial charge on any atom is -0.476 e. The van der Waals surface area contributed by atoms with E-state index < -0.39 is 12.1 Å². The van der Waals surface area contributed by atoms with E-state index in [-0.39, 0.29) is 12.6 Å². The number of hydrogen-bond donors (Lipinski definition) is 2. The van der Waals surface area contributed by atoms with Crippen molar-refractivity contribution >= 4 is 5.97 Å². The third-order valence-electron chi connectivity index (χ3n) is 1.65. The smallest absolute Gasteiger partial charge is 0.476 e. The Kier molecular flexibility index (Phi) is 7.69. The van der Waals surface area contributed by atoms with Gasteiger partial charge in [0.05, 0.1) is 0 Å². The summed E-state index contributed by atoms with van der Waals surface area (Å²) in [6, 6.07) is 5.17. The zero-order valence-electron chi connectivity index (χ0n) is 10.2. The van der Waals surface area contributed by atoms with E-state index in [9.17, 15) is 13.2 Å². The highest BCUT2D eigenvalue weighted by atomic mass is 19.4. The second-order valence-electron chi connectivity index (χ2n) is 3.38. The van der Waals surface area contributed by atoms with Crippen LogP contribution in [-0.4, -0.2) is 41.4 Å².